The van der Waals surface area contributed by atoms with Gasteiger partial charge in [-0.3, -0.25) is 0 Å². The van der Waals surface area contributed by atoms with E-state index in [1.807, 2.05) is 48.3 Å². The average molecular weight is 372 g/mol. The summed E-state index contributed by atoms with van der Waals surface area (Å²) in [5.41, 5.74) is 1.61. The molecule has 1 heterocycles. The maximum absolute atomic E-state index is 6.06. The molecule has 0 aliphatic rings. The molecule has 134 valence electrons. The van der Waals surface area contributed by atoms with Gasteiger partial charge in [0.1, 0.15) is 17.8 Å². The van der Waals surface area contributed by atoms with Crippen LogP contribution in [0.4, 0.5) is 23.3 Å². The van der Waals surface area contributed by atoms with E-state index in [1.54, 1.807) is 20.3 Å². The Morgan fingerprint density at radius 2 is 1.73 bits per heavy atom. The fourth-order valence-corrected chi connectivity index (χ4v) is 2.50. The molecule has 7 nitrogen and oxygen atoms in total. The summed E-state index contributed by atoms with van der Waals surface area (Å²) in [5, 5.41) is 3.78. The number of nitrogens with zero attached hydrogens (tertiary/aromatic N) is 4. The first-order valence-corrected chi connectivity index (χ1v) is 8.15. The highest BCUT2D eigenvalue weighted by atomic mass is 35.5. The second-order valence-corrected chi connectivity index (χ2v) is 5.81. The zero-order valence-corrected chi connectivity index (χ0v) is 15.4. The number of halogens is 1. The zero-order chi connectivity index (χ0) is 18.5. The molecule has 26 heavy (non-hydrogen) atoms. The lowest BCUT2D eigenvalue weighted by molar-refractivity contribution is 0.395. The van der Waals surface area contributed by atoms with E-state index in [9.17, 15) is 0 Å². The summed E-state index contributed by atoms with van der Waals surface area (Å²) in [6.45, 7) is 0. The van der Waals surface area contributed by atoms with E-state index >= 15 is 0 Å². The lowest BCUT2D eigenvalue weighted by atomic mass is 10.3. The Balaban J connectivity index is 1.86. The Bertz CT molecular complexity index is 884. The third kappa shape index (κ3) is 4.12. The smallest absolute Gasteiger partial charge is 0.234 e. The SMILES string of the molecule is COc1cc(Nc2ncnc(N(C)c3cccc(Cl)c3)n2)cc(OC)c1. The van der Waals surface area contributed by atoms with Crippen molar-refractivity contribution in [3.05, 3.63) is 53.8 Å². The standard InChI is InChI=1S/C18H18ClN5O2/c1-24(14-6-4-5-12(19)7-14)18-21-11-20-17(23-18)22-13-8-15(25-2)10-16(9-13)26-3/h4-11H,1-3H3,(H,20,21,22,23). The van der Waals surface area contributed by atoms with Gasteiger partial charge in [0, 0.05) is 41.6 Å². The molecule has 0 amide bonds. The van der Waals surface area contributed by atoms with Crippen LogP contribution in [0.5, 0.6) is 11.5 Å². The maximum Gasteiger partial charge on any atom is 0.234 e. The van der Waals surface area contributed by atoms with Crippen LogP contribution in [0.25, 0.3) is 0 Å². The molecular weight excluding hydrogens is 354 g/mol. The first kappa shape index (κ1) is 17.8. The van der Waals surface area contributed by atoms with Crippen molar-refractivity contribution in [1.29, 1.82) is 0 Å². The molecule has 0 unspecified atom stereocenters. The third-order valence-electron chi connectivity index (χ3n) is 3.66. The second kappa shape index (κ2) is 7.88. The summed E-state index contributed by atoms with van der Waals surface area (Å²) in [7, 11) is 5.05. The zero-order valence-electron chi connectivity index (χ0n) is 14.6. The molecule has 3 aromatic rings. The van der Waals surface area contributed by atoms with Gasteiger partial charge < -0.3 is 19.7 Å². The molecule has 1 N–H and O–H groups in total. The Labute approximate surface area is 156 Å². The Kier molecular flexibility index (Phi) is 5.38. The minimum Gasteiger partial charge on any atom is -0.497 e. The van der Waals surface area contributed by atoms with Gasteiger partial charge in [-0.05, 0) is 18.2 Å². The first-order valence-electron chi connectivity index (χ1n) is 7.77. The van der Waals surface area contributed by atoms with Crippen molar-refractivity contribution in [2.45, 2.75) is 0 Å². The largest absolute Gasteiger partial charge is 0.497 e. The van der Waals surface area contributed by atoms with Crippen LogP contribution in [0.3, 0.4) is 0 Å². The summed E-state index contributed by atoms with van der Waals surface area (Å²) in [6, 6.07) is 12.9. The van der Waals surface area contributed by atoms with Gasteiger partial charge in [-0.1, -0.05) is 17.7 Å². The van der Waals surface area contributed by atoms with Crippen LogP contribution in [0.15, 0.2) is 48.8 Å². The summed E-state index contributed by atoms with van der Waals surface area (Å²) >= 11 is 6.06. The molecular formula is C18H18ClN5O2. The van der Waals surface area contributed by atoms with E-state index in [1.165, 1.54) is 6.33 Å². The highest BCUT2D eigenvalue weighted by Crippen LogP contribution is 2.28. The van der Waals surface area contributed by atoms with Crippen LogP contribution in [-0.4, -0.2) is 36.2 Å². The maximum atomic E-state index is 6.06. The molecule has 0 saturated heterocycles. The number of methoxy groups -OCH3 is 2. The van der Waals surface area contributed by atoms with Crippen molar-refractivity contribution < 1.29 is 9.47 Å². The number of ether oxygens (including phenoxy) is 2. The van der Waals surface area contributed by atoms with Crippen molar-refractivity contribution in [3.63, 3.8) is 0 Å². The van der Waals surface area contributed by atoms with Gasteiger partial charge in [0.2, 0.25) is 11.9 Å². The molecule has 3 rings (SSSR count). The third-order valence-corrected chi connectivity index (χ3v) is 3.90. The lowest BCUT2D eigenvalue weighted by Gasteiger charge is -2.17. The predicted octanol–water partition coefficient (Wildman–Crippen LogP) is 4.05. The van der Waals surface area contributed by atoms with Crippen LogP contribution in [0.1, 0.15) is 0 Å². The van der Waals surface area contributed by atoms with Crippen molar-refractivity contribution >= 4 is 34.9 Å². The van der Waals surface area contributed by atoms with Crippen LogP contribution in [0, 0.1) is 0 Å². The summed E-state index contributed by atoms with van der Waals surface area (Å²) < 4.78 is 10.5. The molecule has 0 aliphatic carbocycles. The fourth-order valence-electron chi connectivity index (χ4n) is 2.32. The van der Waals surface area contributed by atoms with Gasteiger partial charge in [0.25, 0.3) is 0 Å². The molecule has 2 aromatic carbocycles. The van der Waals surface area contributed by atoms with Crippen LogP contribution >= 0.6 is 11.6 Å². The number of hydrogen-bond acceptors (Lipinski definition) is 7. The molecule has 0 saturated carbocycles. The van der Waals surface area contributed by atoms with E-state index in [-0.39, 0.29) is 0 Å². The van der Waals surface area contributed by atoms with Crippen molar-refractivity contribution in [2.24, 2.45) is 0 Å². The Hall–Kier alpha value is -3.06. The van der Waals surface area contributed by atoms with Gasteiger partial charge in [-0.15, -0.1) is 0 Å². The fraction of sp³-hybridized carbons (Fsp3) is 0.167. The highest BCUT2D eigenvalue weighted by Gasteiger charge is 2.10. The molecule has 0 aliphatic heterocycles. The number of nitrogens with one attached hydrogen (secondary N) is 1. The van der Waals surface area contributed by atoms with Crippen LogP contribution < -0.4 is 19.7 Å². The first-order chi connectivity index (χ1) is 12.6. The number of anilines is 4. The molecule has 0 bridgehead atoms. The van der Waals surface area contributed by atoms with Crippen LogP contribution in [0.2, 0.25) is 5.02 Å². The number of rotatable bonds is 6. The van der Waals surface area contributed by atoms with Gasteiger partial charge in [0.15, 0.2) is 0 Å². The van der Waals surface area contributed by atoms with Crippen molar-refractivity contribution in [2.75, 3.05) is 31.5 Å². The van der Waals surface area contributed by atoms with Crippen molar-refractivity contribution in [1.82, 2.24) is 15.0 Å². The molecule has 0 radical (unpaired) electrons. The van der Waals surface area contributed by atoms with Gasteiger partial charge in [0.05, 0.1) is 14.2 Å². The van der Waals surface area contributed by atoms with Gasteiger partial charge in [-0.2, -0.15) is 4.98 Å². The summed E-state index contributed by atoms with van der Waals surface area (Å²) in [5.74, 6) is 2.22. The molecule has 0 atom stereocenters. The topological polar surface area (TPSA) is 72.4 Å². The number of hydrogen-bond donors (Lipinski definition) is 1. The summed E-state index contributed by atoms with van der Waals surface area (Å²) in [6.07, 6.45) is 1.45. The van der Waals surface area contributed by atoms with E-state index < -0.39 is 0 Å². The average Bonchev–Trinajstić information content (AvgIpc) is 2.67. The quantitative estimate of drug-likeness (QED) is 0.700. The van der Waals surface area contributed by atoms with Gasteiger partial charge in [-0.25, -0.2) is 9.97 Å². The van der Waals surface area contributed by atoms with Crippen LogP contribution in [-0.2, 0) is 0 Å². The van der Waals surface area contributed by atoms with E-state index in [0.29, 0.717) is 28.4 Å². The normalized spacial score (nSPS) is 10.3. The van der Waals surface area contributed by atoms with Gasteiger partial charge >= 0.3 is 0 Å². The predicted molar refractivity (Wildman–Crippen MR) is 102 cm³/mol. The van der Waals surface area contributed by atoms with E-state index in [4.69, 9.17) is 21.1 Å². The molecule has 8 heteroatoms. The monoisotopic (exact) mass is 371 g/mol. The van der Waals surface area contributed by atoms with E-state index in [2.05, 4.69) is 20.3 Å². The lowest BCUT2D eigenvalue weighted by Crippen LogP contribution is -2.14. The number of aromatic nitrogens is 3. The minimum atomic E-state index is 0.402. The molecule has 1 aromatic heterocycles. The van der Waals surface area contributed by atoms with Crippen molar-refractivity contribution in [3.8, 4) is 11.5 Å². The highest BCUT2D eigenvalue weighted by molar-refractivity contribution is 6.30. The minimum absolute atomic E-state index is 0.402. The Morgan fingerprint density at radius 1 is 1.00 bits per heavy atom. The molecule has 0 spiro atoms. The second-order valence-electron chi connectivity index (χ2n) is 5.37. The van der Waals surface area contributed by atoms with E-state index in [0.717, 1.165) is 11.4 Å². The molecule has 0 fully saturated rings. The Morgan fingerprint density at radius 3 is 2.38 bits per heavy atom. The number of benzene rings is 2. The summed E-state index contributed by atoms with van der Waals surface area (Å²) in [4.78, 5) is 14.7.